The number of aromatic hydroxyl groups is 2. The standard InChI is InChI=1S/C18H24O4/c1-13-9-7-5-3-2-4-6-8-10-14-11-15(19)12-16(20)17(14)18(21)22-13/h8,10-13,19-20H,2-7,9H2,1H3/t13-/m1/s1. The van der Waals surface area contributed by atoms with Gasteiger partial charge < -0.3 is 14.9 Å². The molecule has 2 rings (SSSR count). The van der Waals surface area contributed by atoms with E-state index >= 15 is 0 Å². The Morgan fingerprint density at radius 3 is 2.64 bits per heavy atom. The van der Waals surface area contributed by atoms with Crippen LogP contribution < -0.4 is 0 Å². The van der Waals surface area contributed by atoms with Crippen molar-refractivity contribution < 1.29 is 19.7 Å². The number of hydrogen-bond donors (Lipinski definition) is 2. The number of esters is 1. The first-order chi connectivity index (χ1) is 10.6. The van der Waals surface area contributed by atoms with Crippen molar-refractivity contribution in [3.8, 4) is 11.5 Å². The highest BCUT2D eigenvalue weighted by molar-refractivity contribution is 5.97. The molecular weight excluding hydrogens is 280 g/mol. The molecule has 0 fully saturated rings. The van der Waals surface area contributed by atoms with Crippen LogP contribution >= 0.6 is 0 Å². The van der Waals surface area contributed by atoms with E-state index in [9.17, 15) is 15.0 Å². The van der Waals surface area contributed by atoms with Gasteiger partial charge in [0.1, 0.15) is 17.1 Å². The molecule has 4 nitrogen and oxygen atoms in total. The second-order valence-corrected chi connectivity index (χ2v) is 5.89. The summed E-state index contributed by atoms with van der Waals surface area (Å²) in [7, 11) is 0. The molecule has 1 aromatic rings. The number of benzene rings is 1. The second kappa shape index (κ2) is 7.87. The van der Waals surface area contributed by atoms with Gasteiger partial charge in [-0.3, -0.25) is 0 Å². The summed E-state index contributed by atoms with van der Waals surface area (Å²) in [6.45, 7) is 1.87. The average molecular weight is 304 g/mol. The molecule has 1 aliphatic rings. The first kappa shape index (κ1) is 16.4. The number of allylic oxidation sites excluding steroid dienone is 1. The van der Waals surface area contributed by atoms with Gasteiger partial charge in [0.25, 0.3) is 0 Å². The molecule has 0 radical (unpaired) electrons. The number of carbonyl (C=O) groups excluding carboxylic acids is 1. The minimum absolute atomic E-state index is 0.0668. The molecule has 0 saturated heterocycles. The Balaban J connectivity index is 2.30. The average Bonchev–Trinajstić information content (AvgIpc) is 2.43. The van der Waals surface area contributed by atoms with Crippen molar-refractivity contribution in [3.63, 3.8) is 0 Å². The Hall–Kier alpha value is -1.97. The third-order valence-corrected chi connectivity index (χ3v) is 3.92. The van der Waals surface area contributed by atoms with Crippen molar-refractivity contribution in [3.05, 3.63) is 29.3 Å². The lowest BCUT2D eigenvalue weighted by molar-refractivity contribution is 0.0316. The van der Waals surface area contributed by atoms with Crippen LogP contribution in [0.3, 0.4) is 0 Å². The fraction of sp³-hybridized carbons (Fsp3) is 0.500. The van der Waals surface area contributed by atoms with E-state index in [1.54, 1.807) is 6.08 Å². The van der Waals surface area contributed by atoms with Gasteiger partial charge in [0.15, 0.2) is 0 Å². The summed E-state index contributed by atoms with van der Waals surface area (Å²) in [6.07, 6.45) is 11.0. The van der Waals surface area contributed by atoms with Crippen LogP contribution in [0.4, 0.5) is 0 Å². The van der Waals surface area contributed by atoms with Gasteiger partial charge in [-0.05, 0) is 44.2 Å². The van der Waals surface area contributed by atoms with Crippen LogP contribution in [0, 0.1) is 0 Å². The van der Waals surface area contributed by atoms with Gasteiger partial charge in [-0.2, -0.15) is 0 Å². The van der Waals surface area contributed by atoms with Crippen LogP contribution in [0.15, 0.2) is 18.2 Å². The molecule has 1 atom stereocenters. The lowest BCUT2D eigenvalue weighted by atomic mass is 10.0. The zero-order valence-corrected chi connectivity index (χ0v) is 13.0. The molecule has 1 aromatic carbocycles. The van der Waals surface area contributed by atoms with E-state index < -0.39 is 5.97 Å². The van der Waals surface area contributed by atoms with Gasteiger partial charge in [-0.15, -0.1) is 0 Å². The van der Waals surface area contributed by atoms with Crippen LogP contribution in [-0.4, -0.2) is 22.3 Å². The van der Waals surface area contributed by atoms with E-state index in [2.05, 4.69) is 0 Å². The molecule has 0 aliphatic carbocycles. The summed E-state index contributed by atoms with van der Waals surface area (Å²) in [5.74, 6) is -0.853. The van der Waals surface area contributed by atoms with E-state index in [1.165, 1.54) is 25.0 Å². The summed E-state index contributed by atoms with van der Waals surface area (Å²) in [5, 5.41) is 19.6. The highest BCUT2D eigenvalue weighted by Crippen LogP contribution is 2.30. The maximum Gasteiger partial charge on any atom is 0.342 e. The molecule has 0 saturated carbocycles. The van der Waals surface area contributed by atoms with Gasteiger partial charge in [-0.25, -0.2) is 4.79 Å². The molecule has 1 heterocycles. The number of phenols is 2. The summed E-state index contributed by atoms with van der Waals surface area (Å²) < 4.78 is 5.43. The predicted octanol–water partition coefficient (Wildman–Crippen LogP) is 4.40. The largest absolute Gasteiger partial charge is 0.508 e. The summed E-state index contributed by atoms with van der Waals surface area (Å²) in [6, 6.07) is 2.64. The fourth-order valence-electron chi connectivity index (χ4n) is 2.72. The topological polar surface area (TPSA) is 66.8 Å². The van der Waals surface area contributed by atoms with E-state index in [4.69, 9.17) is 4.74 Å². The van der Waals surface area contributed by atoms with Crippen molar-refractivity contribution >= 4 is 12.0 Å². The zero-order chi connectivity index (χ0) is 15.9. The van der Waals surface area contributed by atoms with E-state index in [0.29, 0.717) is 5.56 Å². The third-order valence-electron chi connectivity index (χ3n) is 3.92. The number of ether oxygens (including phenoxy) is 1. The van der Waals surface area contributed by atoms with Gasteiger partial charge >= 0.3 is 5.97 Å². The molecular formula is C18H24O4. The van der Waals surface area contributed by atoms with Crippen molar-refractivity contribution in [2.75, 3.05) is 0 Å². The number of fused-ring (bicyclic) bond motifs is 1. The zero-order valence-electron chi connectivity index (χ0n) is 13.0. The highest BCUT2D eigenvalue weighted by atomic mass is 16.5. The maximum atomic E-state index is 12.3. The molecule has 120 valence electrons. The van der Waals surface area contributed by atoms with E-state index in [1.807, 2.05) is 13.0 Å². The number of phenolic OH excluding ortho intramolecular Hbond substituents is 2. The lowest BCUT2D eigenvalue weighted by Gasteiger charge is -2.15. The molecule has 0 spiro atoms. The summed E-state index contributed by atoms with van der Waals surface area (Å²) in [4.78, 5) is 12.3. The van der Waals surface area contributed by atoms with Gasteiger partial charge in [0.05, 0.1) is 6.10 Å². The third kappa shape index (κ3) is 4.52. The van der Waals surface area contributed by atoms with Crippen molar-refractivity contribution in [2.45, 2.75) is 58.0 Å². The minimum Gasteiger partial charge on any atom is -0.508 e. The van der Waals surface area contributed by atoms with Crippen LogP contribution in [0.2, 0.25) is 0 Å². The Morgan fingerprint density at radius 2 is 1.82 bits per heavy atom. The van der Waals surface area contributed by atoms with Gasteiger partial charge in [0.2, 0.25) is 0 Å². The van der Waals surface area contributed by atoms with E-state index in [-0.39, 0.29) is 23.2 Å². The molecule has 22 heavy (non-hydrogen) atoms. The quantitative estimate of drug-likeness (QED) is 0.697. The molecule has 1 aliphatic heterocycles. The normalized spacial score (nSPS) is 20.8. The highest BCUT2D eigenvalue weighted by Gasteiger charge is 2.20. The number of carbonyl (C=O) groups is 1. The minimum atomic E-state index is -0.540. The summed E-state index contributed by atoms with van der Waals surface area (Å²) >= 11 is 0. The molecule has 4 heteroatoms. The maximum absolute atomic E-state index is 12.3. The molecule has 0 bridgehead atoms. The second-order valence-electron chi connectivity index (χ2n) is 5.89. The van der Waals surface area contributed by atoms with Crippen molar-refractivity contribution in [1.82, 2.24) is 0 Å². The number of hydrogen-bond acceptors (Lipinski definition) is 4. The molecule has 0 unspecified atom stereocenters. The molecule has 2 N–H and O–H groups in total. The Bertz CT molecular complexity index is 548. The first-order valence-electron chi connectivity index (χ1n) is 8.01. The smallest absolute Gasteiger partial charge is 0.342 e. The fourth-order valence-corrected chi connectivity index (χ4v) is 2.72. The SMILES string of the molecule is C[C@@H]1CCCCCCCC=Cc2cc(O)cc(O)c2C(=O)O1. The molecule has 0 amide bonds. The lowest BCUT2D eigenvalue weighted by Crippen LogP contribution is -2.16. The monoisotopic (exact) mass is 304 g/mol. The Kier molecular flexibility index (Phi) is 5.87. The van der Waals surface area contributed by atoms with Gasteiger partial charge in [-0.1, -0.05) is 31.4 Å². The first-order valence-corrected chi connectivity index (χ1v) is 8.01. The van der Waals surface area contributed by atoms with Crippen molar-refractivity contribution in [1.29, 1.82) is 0 Å². The summed E-state index contributed by atoms with van der Waals surface area (Å²) in [5.41, 5.74) is 0.615. The van der Waals surface area contributed by atoms with Crippen LogP contribution in [0.1, 0.15) is 67.8 Å². The predicted molar refractivity (Wildman–Crippen MR) is 86.0 cm³/mol. The van der Waals surface area contributed by atoms with Crippen LogP contribution in [-0.2, 0) is 4.74 Å². The molecule has 0 aromatic heterocycles. The van der Waals surface area contributed by atoms with E-state index in [0.717, 1.165) is 32.1 Å². The van der Waals surface area contributed by atoms with Crippen LogP contribution in [0.5, 0.6) is 11.5 Å². The Labute approximate surface area is 131 Å². The van der Waals surface area contributed by atoms with Crippen LogP contribution in [0.25, 0.3) is 6.08 Å². The number of rotatable bonds is 0. The Morgan fingerprint density at radius 1 is 1.09 bits per heavy atom. The number of cyclic esters (lactones) is 1. The van der Waals surface area contributed by atoms with Gasteiger partial charge in [0, 0.05) is 6.07 Å². The van der Waals surface area contributed by atoms with Crippen molar-refractivity contribution in [2.24, 2.45) is 0 Å².